The van der Waals surface area contributed by atoms with Gasteiger partial charge in [0.2, 0.25) is 5.95 Å². The molecule has 1 aliphatic heterocycles. The van der Waals surface area contributed by atoms with Crippen LogP contribution in [0.3, 0.4) is 0 Å². The number of rotatable bonds is 3. The summed E-state index contributed by atoms with van der Waals surface area (Å²) in [6.45, 7) is 1.93. The Labute approximate surface area is 133 Å². The van der Waals surface area contributed by atoms with Gasteiger partial charge in [-0.05, 0) is 12.1 Å². The largest absolute Gasteiger partial charge is 0.467 e. The molecule has 1 fully saturated rings. The first-order valence-corrected chi connectivity index (χ1v) is 8.42. The van der Waals surface area contributed by atoms with Crippen molar-refractivity contribution in [3.05, 3.63) is 35.8 Å². The maximum absolute atomic E-state index is 5.92. The Balaban J connectivity index is 1.47. The van der Waals surface area contributed by atoms with E-state index in [4.69, 9.17) is 9.72 Å². The van der Waals surface area contributed by atoms with Gasteiger partial charge in [0, 0.05) is 44.6 Å². The van der Waals surface area contributed by atoms with Crippen LogP contribution >= 0.6 is 11.3 Å². The Morgan fingerprint density at radius 2 is 2.05 bits per heavy atom. The van der Waals surface area contributed by atoms with Gasteiger partial charge in [-0.3, -0.25) is 0 Å². The molecular weight excluding hydrogens is 296 g/mol. The molecule has 4 rings (SSSR count). The number of fused-ring (bicyclic) bond motifs is 1. The molecule has 114 valence electrons. The summed E-state index contributed by atoms with van der Waals surface area (Å²) in [5.41, 5.74) is 2.24. The minimum atomic E-state index is 0.261. The van der Waals surface area contributed by atoms with Crippen LogP contribution < -0.4 is 9.64 Å². The van der Waals surface area contributed by atoms with Crippen molar-refractivity contribution in [1.82, 2.24) is 14.5 Å². The van der Waals surface area contributed by atoms with E-state index in [1.54, 1.807) is 17.5 Å². The van der Waals surface area contributed by atoms with Crippen molar-refractivity contribution >= 4 is 28.3 Å². The molecule has 0 amide bonds. The number of aryl methyl sites for hydroxylation is 1. The number of benzene rings is 1. The summed E-state index contributed by atoms with van der Waals surface area (Å²) in [5, 5.41) is 2.73. The summed E-state index contributed by atoms with van der Waals surface area (Å²) in [6.07, 6.45) is 4.05. The Bertz CT molecular complexity index is 760. The van der Waals surface area contributed by atoms with Crippen molar-refractivity contribution in [2.24, 2.45) is 7.05 Å². The molecule has 0 saturated carbocycles. The molecule has 0 radical (unpaired) electrons. The third-order valence-corrected chi connectivity index (χ3v) is 4.83. The van der Waals surface area contributed by atoms with Gasteiger partial charge in [-0.15, -0.1) is 0 Å². The lowest BCUT2D eigenvalue weighted by Gasteiger charge is -2.32. The van der Waals surface area contributed by atoms with Gasteiger partial charge in [0.25, 0.3) is 5.19 Å². The minimum Gasteiger partial charge on any atom is -0.467 e. The number of para-hydroxylation sites is 2. The predicted octanol–water partition coefficient (Wildman–Crippen LogP) is 3.08. The number of thiazole rings is 1. The molecule has 1 saturated heterocycles. The van der Waals surface area contributed by atoms with Crippen LogP contribution in [0.1, 0.15) is 12.8 Å². The molecule has 1 aliphatic rings. The molecule has 22 heavy (non-hydrogen) atoms. The number of hydrogen-bond donors (Lipinski definition) is 0. The van der Waals surface area contributed by atoms with Crippen LogP contribution in [0.2, 0.25) is 0 Å². The lowest BCUT2D eigenvalue weighted by molar-refractivity contribution is 0.169. The van der Waals surface area contributed by atoms with E-state index >= 15 is 0 Å². The fraction of sp³-hybridized carbons (Fsp3) is 0.375. The molecule has 0 aliphatic carbocycles. The fourth-order valence-electron chi connectivity index (χ4n) is 3.00. The van der Waals surface area contributed by atoms with Crippen LogP contribution in [0.4, 0.5) is 5.95 Å². The van der Waals surface area contributed by atoms with Gasteiger partial charge in [0.15, 0.2) is 0 Å². The first-order chi connectivity index (χ1) is 10.8. The molecule has 3 heterocycles. The van der Waals surface area contributed by atoms with Crippen molar-refractivity contribution in [2.75, 3.05) is 18.0 Å². The van der Waals surface area contributed by atoms with E-state index in [-0.39, 0.29) is 6.10 Å². The van der Waals surface area contributed by atoms with E-state index in [2.05, 4.69) is 39.7 Å². The van der Waals surface area contributed by atoms with Crippen LogP contribution in [0.5, 0.6) is 5.19 Å². The van der Waals surface area contributed by atoms with Crippen LogP contribution in [0.25, 0.3) is 11.0 Å². The standard InChI is InChI=1S/C16H18N4OS/c1-19-14-5-3-2-4-13(14)18-15(19)20-9-6-12(7-10-20)21-16-17-8-11-22-16/h2-5,8,11-12H,6-7,9-10H2,1H3. The monoisotopic (exact) mass is 314 g/mol. The van der Waals surface area contributed by atoms with Gasteiger partial charge in [0.05, 0.1) is 11.0 Å². The lowest BCUT2D eigenvalue weighted by Crippen LogP contribution is -2.39. The quantitative estimate of drug-likeness (QED) is 0.745. The highest BCUT2D eigenvalue weighted by Crippen LogP contribution is 2.26. The number of anilines is 1. The summed E-state index contributed by atoms with van der Waals surface area (Å²) in [4.78, 5) is 11.3. The normalized spacial score (nSPS) is 16.3. The van der Waals surface area contributed by atoms with Crippen molar-refractivity contribution in [3.8, 4) is 5.19 Å². The van der Waals surface area contributed by atoms with Gasteiger partial charge < -0.3 is 14.2 Å². The fourth-order valence-corrected chi connectivity index (χ4v) is 3.55. The van der Waals surface area contributed by atoms with Crippen LogP contribution in [0.15, 0.2) is 35.8 Å². The predicted molar refractivity (Wildman–Crippen MR) is 88.7 cm³/mol. The van der Waals surface area contributed by atoms with Crippen LogP contribution in [-0.4, -0.2) is 33.7 Å². The third kappa shape index (κ3) is 2.43. The number of nitrogens with zero attached hydrogens (tertiary/aromatic N) is 4. The third-order valence-electron chi connectivity index (χ3n) is 4.17. The van der Waals surface area contributed by atoms with Crippen molar-refractivity contribution in [1.29, 1.82) is 0 Å². The maximum atomic E-state index is 5.92. The smallest absolute Gasteiger partial charge is 0.273 e. The maximum Gasteiger partial charge on any atom is 0.273 e. The molecule has 0 spiro atoms. The second-order valence-electron chi connectivity index (χ2n) is 5.56. The summed E-state index contributed by atoms with van der Waals surface area (Å²) in [5.74, 6) is 1.05. The van der Waals surface area contributed by atoms with E-state index < -0.39 is 0 Å². The van der Waals surface area contributed by atoms with E-state index in [1.807, 2.05) is 11.4 Å². The molecule has 6 heteroatoms. The average Bonchev–Trinajstić information content (AvgIpc) is 3.17. The van der Waals surface area contributed by atoms with Gasteiger partial charge in [-0.2, -0.15) is 0 Å². The molecule has 2 aromatic heterocycles. The SMILES string of the molecule is Cn1c(N2CCC(Oc3nccs3)CC2)nc2ccccc21. The zero-order valence-corrected chi connectivity index (χ0v) is 13.3. The zero-order chi connectivity index (χ0) is 14.9. The lowest BCUT2D eigenvalue weighted by atomic mass is 10.1. The van der Waals surface area contributed by atoms with Gasteiger partial charge in [-0.1, -0.05) is 23.5 Å². The summed E-state index contributed by atoms with van der Waals surface area (Å²) in [6, 6.07) is 8.27. The Hall–Kier alpha value is -2.08. The summed E-state index contributed by atoms with van der Waals surface area (Å²) >= 11 is 1.56. The highest BCUT2D eigenvalue weighted by molar-refractivity contribution is 7.11. The first kappa shape index (κ1) is 13.6. The molecule has 0 atom stereocenters. The van der Waals surface area contributed by atoms with Crippen molar-refractivity contribution in [3.63, 3.8) is 0 Å². The highest BCUT2D eigenvalue weighted by atomic mass is 32.1. The Morgan fingerprint density at radius 1 is 1.23 bits per heavy atom. The first-order valence-electron chi connectivity index (χ1n) is 7.54. The van der Waals surface area contributed by atoms with E-state index in [1.165, 1.54) is 5.52 Å². The highest BCUT2D eigenvalue weighted by Gasteiger charge is 2.24. The van der Waals surface area contributed by atoms with Gasteiger partial charge >= 0.3 is 0 Å². The topological polar surface area (TPSA) is 43.2 Å². The molecule has 0 N–H and O–H groups in total. The number of piperidine rings is 1. The summed E-state index contributed by atoms with van der Waals surface area (Å²) < 4.78 is 8.10. The molecular formula is C16H18N4OS. The molecule has 0 bridgehead atoms. The Kier molecular flexibility index (Phi) is 3.46. The molecule has 1 aromatic carbocycles. The van der Waals surface area contributed by atoms with Crippen molar-refractivity contribution < 1.29 is 4.74 Å². The average molecular weight is 314 g/mol. The van der Waals surface area contributed by atoms with Crippen LogP contribution in [-0.2, 0) is 7.05 Å². The molecule has 3 aromatic rings. The minimum absolute atomic E-state index is 0.261. The van der Waals surface area contributed by atoms with E-state index in [9.17, 15) is 0 Å². The number of imidazole rings is 1. The van der Waals surface area contributed by atoms with Gasteiger partial charge in [0.1, 0.15) is 6.10 Å². The number of hydrogen-bond acceptors (Lipinski definition) is 5. The van der Waals surface area contributed by atoms with Gasteiger partial charge in [-0.25, -0.2) is 9.97 Å². The van der Waals surface area contributed by atoms with E-state index in [0.717, 1.165) is 42.6 Å². The van der Waals surface area contributed by atoms with E-state index in [0.29, 0.717) is 0 Å². The number of aromatic nitrogens is 3. The molecule has 5 nitrogen and oxygen atoms in total. The number of ether oxygens (including phenoxy) is 1. The second-order valence-corrected chi connectivity index (χ2v) is 6.42. The summed E-state index contributed by atoms with van der Waals surface area (Å²) in [7, 11) is 2.09. The van der Waals surface area contributed by atoms with Crippen LogP contribution in [0, 0.1) is 0 Å². The molecule has 0 unspecified atom stereocenters. The van der Waals surface area contributed by atoms with Crippen molar-refractivity contribution in [2.45, 2.75) is 18.9 Å². The Morgan fingerprint density at radius 3 is 2.77 bits per heavy atom. The zero-order valence-electron chi connectivity index (χ0n) is 12.5. The second kappa shape index (κ2) is 5.61.